The molecular formula is C25H27FN2O2. The summed E-state index contributed by atoms with van der Waals surface area (Å²) in [4.78, 5) is 4.24. The number of aromatic nitrogens is 2. The fourth-order valence-corrected chi connectivity index (χ4v) is 5.08. The van der Waals surface area contributed by atoms with Crippen LogP contribution in [0.25, 0.3) is 11.3 Å². The van der Waals surface area contributed by atoms with Gasteiger partial charge < -0.3 is 14.4 Å². The van der Waals surface area contributed by atoms with Crippen molar-refractivity contribution in [2.24, 2.45) is 5.92 Å². The molecule has 0 amide bonds. The predicted molar refractivity (Wildman–Crippen MR) is 113 cm³/mol. The third-order valence-corrected chi connectivity index (χ3v) is 6.72. The van der Waals surface area contributed by atoms with Crippen LogP contribution in [-0.2, 0) is 11.3 Å². The summed E-state index contributed by atoms with van der Waals surface area (Å²) >= 11 is 0. The highest BCUT2D eigenvalue weighted by Gasteiger charge is 2.35. The quantitative estimate of drug-likeness (QED) is 0.618. The van der Waals surface area contributed by atoms with E-state index < -0.39 is 6.10 Å². The maximum absolute atomic E-state index is 14.6. The number of nitrogens with zero attached hydrogens (tertiary/aromatic N) is 2. The predicted octanol–water partition coefficient (Wildman–Crippen LogP) is 5.12. The van der Waals surface area contributed by atoms with Crippen molar-refractivity contribution in [3.05, 3.63) is 78.0 Å². The van der Waals surface area contributed by atoms with Crippen molar-refractivity contribution in [3.63, 3.8) is 0 Å². The molecule has 5 rings (SSSR count). The lowest BCUT2D eigenvalue weighted by molar-refractivity contribution is -0.0160. The number of fused-ring (bicyclic) bond motifs is 3. The van der Waals surface area contributed by atoms with Crippen LogP contribution in [0.5, 0.6) is 0 Å². The molecule has 5 heteroatoms. The molecule has 2 aliphatic rings. The lowest BCUT2D eigenvalue weighted by Crippen LogP contribution is -2.30. The first-order valence-electron chi connectivity index (χ1n) is 10.8. The Morgan fingerprint density at radius 3 is 2.67 bits per heavy atom. The fraction of sp³-hybridized carbons (Fsp3) is 0.400. The molecular weight excluding hydrogens is 379 g/mol. The first kappa shape index (κ1) is 19.5. The van der Waals surface area contributed by atoms with E-state index in [1.165, 1.54) is 11.6 Å². The van der Waals surface area contributed by atoms with Crippen LogP contribution in [0.15, 0.2) is 61.1 Å². The Balaban J connectivity index is 1.20. The molecule has 1 aliphatic heterocycles. The second-order valence-electron chi connectivity index (χ2n) is 8.54. The molecule has 156 valence electrons. The van der Waals surface area contributed by atoms with Gasteiger partial charge in [0.05, 0.1) is 43.1 Å². The molecule has 1 aliphatic carbocycles. The van der Waals surface area contributed by atoms with Crippen molar-refractivity contribution >= 4 is 0 Å². The van der Waals surface area contributed by atoms with Gasteiger partial charge in [-0.15, -0.1) is 0 Å². The minimum absolute atomic E-state index is 0.194. The molecule has 1 saturated carbocycles. The molecule has 1 unspecified atom stereocenters. The number of hydrogen-bond donors (Lipinski definition) is 1. The van der Waals surface area contributed by atoms with Crippen LogP contribution >= 0.6 is 0 Å². The second-order valence-corrected chi connectivity index (χ2v) is 8.54. The van der Waals surface area contributed by atoms with Crippen LogP contribution in [-0.4, -0.2) is 26.9 Å². The van der Waals surface area contributed by atoms with Gasteiger partial charge in [-0.2, -0.15) is 0 Å². The van der Waals surface area contributed by atoms with Crippen molar-refractivity contribution in [1.82, 2.24) is 9.55 Å². The van der Waals surface area contributed by atoms with E-state index in [-0.39, 0.29) is 23.9 Å². The second kappa shape index (κ2) is 8.32. The van der Waals surface area contributed by atoms with Gasteiger partial charge in [-0.05, 0) is 49.7 Å². The van der Waals surface area contributed by atoms with Crippen molar-refractivity contribution in [2.75, 3.05) is 0 Å². The van der Waals surface area contributed by atoms with Crippen LogP contribution in [0.2, 0.25) is 0 Å². The lowest BCUT2D eigenvalue weighted by atomic mass is 9.81. The van der Waals surface area contributed by atoms with E-state index in [4.69, 9.17) is 4.74 Å². The largest absolute Gasteiger partial charge is 0.393 e. The standard InChI is InChI=1S/C25H27FN2O2/c26-21-8-4-7-20-23-14-27-16-28(23)22(25(20)21)13-24(29)18-9-11-19(12-10-18)30-15-17-5-2-1-3-6-17/h1-8,14,16,18-19,22,24,29H,9-13,15H2/t18?,19?,22?,24-/m1/s1. The third kappa shape index (κ3) is 3.68. The average molecular weight is 407 g/mol. The summed E-state index contributed by atoms with van der Waals surface area (Å²) in [7, 11) is 0. The molecule has 1 fully saturated rings. The summed E-state index contributed by atoms with van der Waals surface area (Å²) in [5, 5.41) is 11.0. The molecule has 30 heavy (non-hydrogen) atoms. The van der Waals surface area contributed by atoms with Crippen LogP contribution in [0.1, 0.15) is 49.3 Å². The number of hydrogen-bond acceptors (Lipinski definition) is 3. The number of aliphatic hydroxyl groups excluding tert-OH is 1. The number of rotatable bonds is 6. The first-order valence-corrected chi connectivity index (χ1v) is 10.8. The molecule has 2 heterocycles. The topological polar surface area (TPSA) is 47.3 Å². The Hall–Kier alpha value is -2.50. The SMILES string of the molecule is O[C@H](CC1c2c(F)cccc2-c2cncn21)C1CCC(OCc2ccccc2)CC1. The number of benzene rings is 2. The smallest absolute Gasteiger partial charge is 0.129 e. The van der Waals surface area contributed by atoms with Gasteiger partial charge >= 0.3 is 0 Å². The summed E-state index contributed by atoms with van der Waals surface area (Å²) in [5.74, 6) is 0.0239. The number of imidazole rings is 1. The van der Waals surface area contributed by atoms with E-state index in [1.54, 1.807) is 18.6 Å². The fourth-order valence-electron chi connectivity index (χ4n) is 5.08. The minimum atomic E-state index is -0.467. The zero-order chi connectivity index (χ0) is 20.5. The van der Waals surface area contributed by atoms with Crippen LogP contribution in [0, 0.1) is 11.7 Å². The summed E-state index contributed by atoms with van der Waals surface area (Å²) in [6.45, 7) is 0.639. The van der Waals surface area contributed by atoms with E-state index in [0.717, 1.165) is 36.9 Å². The average Bonchev–Trinajstić information content (AvgIpc) is 3.37. The highest BCUT2D eigenvalue weighted by atomic mass is 19.1. The van der Waals surface area contributed by atoms with Gasteiger partial charge in [0.2, 0.25) is 0 Å². The maximum atomic E-state index is 14.6. The zero-order valence-corrected chi connectivity index (χ0v) is 17.0. The molecule has 1 N–H and O–H groups in total. The third-order valence-electron chi connectivity index (χ3n) is 6.72. The van der Waals surface area contributed by atoms with E-state index in [1.807, 2.05) is 28.8 Å². The normalized spacial score (nSPS) is 23.7. The summed E-state index contributed by atoms with van der Waals surface area (Å²) in [5.41, 5.74) is 3.70. The molecule has 3 aromatic rings. The van der Waals surface area contributed by atoms with Gasteiger partial charge in [0.15, 0.2) is 0 Å². The molecule has 0 spiro atoms. The zero-order valence-electron chi connectivity index (χ0n) is 17.0. The number of aliphatic hydroxyl groups is 1. The maximum Gasteiger partial charge on any atom is 0.129 e. The van der Waals surface area contributed by atoms with Crippen LogP contribution in [0.3, 0.4) is 0 Å². The highest BCUT2D eigenvalue weighted by Crippen LogP contribution is 2.44. The molecule has 2 aromatic carbocycles. The monoisotopic (exact) mass is 406 g/mol. The van der Waals surface area contributed by atoms with Crippen molar-refractivity contribution in [2.45, 2.75) is 57.0 Å². The summed E-state index contributed by atoms with van der Waals surface area (Å²) in [6.07, 6.45) is 7.62. The highest BCUT2D eigenvalue weighted by molar-refractivity contribution is 5.69. The van der Waals surface area contributed by atoms with Gasteiger partial charge in [-0.25, -0.2) is 9.37 Å². The van der Waals surface area contributed by atoms with Crippen LogP contribution in [0.4, 0.5) is 4.39 Å². The Labute approximate surface area is 176 Å². The van der Waals surface area contributed by atoms with E-state index in [2.05, 4.69) is 17.1 Å². The van der Waals surface area contributed by atoms with Crippen LogP contribution < -0.4 is 0 Å². The molecule has 0 radical (unpaired) electrons. The van der Waals surface area contributed by atoms with Gasteiger partial charge in [0, 0.05) is 11.1 Å². The minimum Gasteiger partial charge on any atom is -0.393 e. The number of halogens is 1. The molecule has 4 nitrogen and oxygen atoms in total. The molecule has 1 aromatic heterocycles. The number of ether oxygens (including phenoxy) is 1. The van der Waals surface area contributed by atoms with Gasteiger partial charge in [-0.3, -0.25) is 0 Å². The van der Waals surface area contributed by atoms with Crippen molar-refractivity contribution in [3.8, 4) is 11.3 Å². The Bertz CT molecular complexity index is 995. The van der Waals surface area contributed by atoms with Gasteiger partial charge in [0.1, 0.15) is 5.82 Å². The van der Waals surface area contributed by atoms with Gasteiger partial charge in [0.25, 0.3) is 0 Å². The molecule has 0 saturated heterocycles. The van der Waals surface area contributed by atoms with E-state index in [9.17, 15) is 9.50 Å². The Kier molecular flexibility index (Phi) is 5.40. The summed E-state index contributed by atoms with van der Waals surface area (Å²) in [6, 6.07) is 15.2. The van der Waals surface area contributed by atoms with Crippen molar-refractivity contribution in [1.29, 1.82) is 0 Å². The lowest BCUT2D eigenvalue weighted by Gasteiger charge is -2.32. The first-order chi connectivity index (χ1) is 14.7. The Morgan fingerprint density at radius 1 is 1.07 bits per heavy atom. The summed E-state index contributed by atoms with van der Waals surface area (Å²) < 4.78 is 22.7. The molecule has 2 atom stereocenters. The van der Waals surface area contributed by atoms with Gasteiger partial charge in [-0.1, -0.05) is 42.5 Å². The van der Waals surface area contributed by atoms with Crippen molar-refractivity contribution < 1.29 is 14.2 Å². The van der Waals surface area contributed by atoms with E-state index in [0.29, 0.717) is 18.6 Å². The Morgan fingerprint density at radius 2 is 1.87 bits per heavy atom. The van der Waals surface area contributed by atoms with E-state index >= 15 is 0 Å². The molecule has 0 bridgehead atoms.